The summed E-state index contributed by atoms with van der Waals surface area (Å²) in [4.78, 5) is 0. The van der Waals surface area contributed by atoms with E-state index >= 15 is 0 Å². The zero-order chi connectivity index (χ0) is 7.00. The van der Waals surface area contributed by atoms with E-state index in [1.54, 1.807) is 0 Å². The number of halogens is 6. The fraction of sp³-hybridized carbons (Fsp3) is 1.00. The molecule has 0 N–H and O–H groups in total. The van der Waals surface area contributed by atoms with E-state index in [1.165, 1.54) is 0 Å². The molecule has 0 amide bonds. The van der Waals surface area contributed by atoms with Gasteiger partial charge in [0, 0.05) is 0 Å². The molecule has 0 spiro atoms. The molecule has 50 valence electrons. The lowest BCUT2D eigenvalue weighted by atomic mass is 11.5. The summed E-state index contributed by atoms with van der Waals surface area (Å²) >= 11 is 0. The second-order valence-electron chi connectivity index (χ2n) is 0.996. The zero-order valence-electron chi connectivity index (χ0n) is 3.27. The van der Waals surface area contributed by atoms with Gasteiger partial charge in [-0.05, 0) is 0 Å². The highest BCUT2D eigenvalue weighted by molar-refractivity contribution is 6.60. The highest BCUT2D eigenvalue weighted by Gasteiger charge is 2.66. The second kappa shape index (κ2) is 1.64. The van der Waals surface area contributed by atoms with Gasteiger partial charge >= 0.3 is 14.9 Å². The lowest BCUT2D eigenvalue weighted by Gasteiger charge is -2.04. The molecule has 0 aliphatic rings. The number of hydrogen-bond donors (Lipinski definition) is 0. The van der Waals surface area contributed by atoms with E-state index < -0.39 is 14.9 Å². The molecule has 0 nitrogen and oxygen atoms in total. The van der Waals surface area contributed by atoms with Crippen molar-refractivity contribution in [3.63, 3.8) is 0 Å². The molecular formula is CF6Si. The maximum absolute atomic E-state index is 10.6. The van der Waals surface area contributed by atoms with E-state index in [1.807, 2.05) is 0 Å². The first-order chi connectivity index (χ1) is 3.25. The number of hydrogen-bond acceptors (Lipinski definition) is 0. The molecule has 0 saturated heterocycles. The van der Waals surface area contributed by atoms with Crippen LogP contribution in [0.25, 0.3) is 0 Å². The molecule has 0 heterocycles. The van der Waals surface area contributed by atoms with Crippen molar-refractivity contribution in [2.45, 2.75) is 5.80 Å². The van der Waals surface area contributed by atoms with Crippen LogP contribution < -0.4 is 0 Å². The maximum atomic E-state index is 10.6. The third-order valence-electron chi connectivity index (χ3n) is 0.321. The van der Waals surface area contributed by atoms with Gasteiger partial charge in [-0.3, -0.25) is 0 Å². The van der Waals surface area contributed by atoms with Gasteiger partial charge in [0.05, 0.1) is 0 Å². The molecule has 0 aliphatic carbocycles. The van der Waals surface area contributed by atoms with Crippen LogP contribution in [0, 0.1) is 0 Å². The summed E-state index contributed by atoms with van der Waals surface area (Å²) in [7, 11) is -7.36. The molecule has 0 bridgehead atoms. The molecule has 0 unspecified atom stereocenters. The van der Waals surface area contributed by atoms with Crippen molar-refractivity contribution in [1.82, 2.24) is 0 Å². The standard InChI is InChI=1S/CF6Si/c2-1(3,4)8(5,6)7. The van der Waals surface area contributed by atoms with E-state index in [9.17, 15) is 25.5 Å². The first-order valence-corrected chi connectivity index (χ1v) is 3.02. The molecular weight excluding hydrogens is 154 g/mol. The second-order valence-corrected chi connectivity index (χ2v) is 2.56. The maximum Gasteiger partial charge on any atom is 0.728 e. The Balaban J connectivity index is 4.02. The van der Waals surface area contributed by atoms with Crippen molar-refractivity contribution in [3.05, 3.63) is 0 Å². The molecule has 0 aromatic carbocycles. The van der Waals surface area contributed by atoms with E-state index in [-0.39, 0.29) is 0 Å². The number of alkyl halides is 3. The molecule has 0 radical (unpaired) electrons. The smallest absolute Gasteiger partial charge is 0.232 e. The monoisotopic (exact) mass is 154 g/mol. The van der Waals surface area contributed by atoms with Gasteiger partial charge in [-0.15, -0.1) is 0 Å². The predicted molar refractivity (Wildman–Crippen MR) is 15.1 cm³/mol. The average Bonchev–Trinajstić information content (AvgIpc) is 1.25. The lowest BCUT2D eigenvalue weighted by molar-refractivity contribution is -0.0837. The average molecular weight is 154 g/mol. The Morgan fingerprint density at radius 1 is 0.875 bits per heavy atom. The van der Waals surface area contributed by atoms with Crippen LogP contribution in [0.4, 0.5) is 25.5 Å². The van der Waals surface area contributed by atoms with Gasteiger partial charge in [-0.25, -0.2) is 12.3 Å². The van der Waals surface area contributed by atoms with Crippen LogP contribution in [0.5, 0.6) is 0 Å². The van der Waals surface area contributed by atoms with Gasteiger partial charge < -0.3 is 0 Å². The van der Waals surface area contributed by atoms with Crippen molar-refractivity contribution < 1.29 is 25.5 Å². The molecule has 0 rings (SSSR count). The molecule has 0 aliphatic heterocycles. The Kier molecular flexibility index (Phi) is 1.60. The minimum absolute atomic E-state index is 5.92. The molecule has 0 saturated carbocycles. The largest absolute Gasteiger partial charge is 0.728 e. The van der Waals surface area contributed by atoms with Crippen molar-refractivity contribution in [1.29, 1.82) is 0 Å². The molecule has 8 heavy (non-hydrogen) atoms. The Hall–Kier alpha value is -0.203. The minimum Gasteiger partial charge on any atom is -0.232 e. The topological polar surface area (TPSA) is 0 Å². The van der Waals surface area contributed by atoms with Gasteiger partial charge in [-0.2, -0.15) is 13.2 Å². The van der Waals surface area contributed by atoms with Gasteiger partial charge in [0.2, 0.25) is 0 Å². The third kappa shape index (κ3) is 1.72. The Bertz CT molecular complexity index is 63.5. The van der Waals surface area contributed by atoms with E-state index in [4.69, 9.17) is 0 Å². The van der Waals surface area contributed by atoms with Crippen molar-refractivity contribution in [2.24, 2.45) is 0 Å². The van der Waals surface area contributed by atoms with Gasteiger partial charge in [0.25, 0.3) is 0 Å². The van der Waals surface area contributed by atoms with Gasteiger partial charge in [0.15, 0.2) is 0 Å². The molecule has 0 atom stereocenters. The highest BCUT2D eigenvalue weighted by Crippen LogP contribution is 2.31. The first kappa shape index (κ1) is 7.80. The molecule has 7 heteroatoms. The first-order valence-electron chi connectivity index (χ1n) is 1.38. The summed E-state index contributed by atoms with van der Waals surface area (Å²) in [5.74, 6) is -5.92. The molecule has 0 aromatic rings. The molecule has 0 aromatic heterocycles. The van der Waals surface area contributed by atoms with Crippen LogP contribution in [0.2, 0.25) is 0 Å². The SMILES string of the molecule is FC(F)(F)[Si](F)(F)F. The van der Waals surface area contributed by atoms with E-state index in [0.717, 1.165) is 0 Å². The normalized spacial score (nSPS) is 14.2. The van der Waals surface area contributed by atoms with Gasteiger partial charge in [0.1, 0.15) is 0 Å². The molecule has 0 fully saturated rings. The fourth-order valence-corrected chi connectivity index (χ4v) is 0. The van der Waals surface area contributed by atoms with Crippen LogP contribution in [0.15, 0.2) is 0 Å². The van der Waals surface area contributed by atoms with E-state index in [2.05, 4.69) is 0 Å². The van der Waals surface area contributed by atoms with Crippen LogP contribution in [0.1, 0.15) is 0 Å². The van der Waals surface area contributed by atoms with Crippen LogP contribution >= 0.6 is 0 Å². The Morgan fingerprint density at radius 2 is 1.00 bits per heavy atom. The quantitative estimate of drug-likeness (QED) is 0.284. The van der Waals surface area contributed by atoms with E-state index in [0.29, 0.717) is 0 Å². The van der Waals surface area contributed by atoms with Crippen LogP contribution in [0.3, 0.4) is 0 Å². The van der Waals surface area contributed by atoms with Crippen molar-refractivity contribution in [3.8, 4) is 0 Å². The lowest BCUT2D eigenvalue weighted by Crippen LogP contribution is -2.37. The van der Waals surface area contributed by atoms with Crippen LogP contribution in [-0.4, -0.2) is 14.9 Å². The fourth-order valence-electron chi connectivity index (χ4n) is 0. The summed E-state index contributed by atoms with van der Waals surface area (Å²) in [6.07, 6.45) is 0. The summed E-state index contributed by atoms with van der Waals surface area (Å²) in [6.45, 7) is 0. The summed E-state index contributed by atoms with van der Waals surface area (Å²) in [6, 6.07) is 0. The zero-order valence-corrected chi connectivity index (χ0v) is 4.27. The summed E-state index contributed by atoms with van der Waals surface area (Å²) in [5.41, 5.74) is 0. The summed E-state index contributed by atoms with van der Waals surface area (Å²) < 4.78 is 63.2. The van der Waals surface area contributed by atoms with Crippen molar-refractivity contribution in [2.75, 3.05) is 0 Å². The number of rotatable bonds is 0. The van der Waals surface area contributed by atoms with Gasteiger partial charge in [-0.1, -0.05) is 0 Å². The van der Waals surface area contributed by atoms with Crippen LogP contribution in [-0.2, 0) is 0 Å². The van der Waals surface area contributed by atoms with Crippen molar-refractivity contribution >= 4 is 9.08 Å². The predicted octanol–water partition coefficient (Wildman–Crippen LogP) is 1.94. The minimum atomic E-state index is -7.36. The Labute approximate surface area is 41.6 Å². The summed E-state index contributed by atoms with van der Waals surface area (Å²) in [5, 5.41) is 0. The highest BCUT2D eigenvalue weighted by atomic mass is 28.5. The Morgan fingerprint density at radius 3 is 1.00 bits per heavy atom. The third-order valence-corrected chi connectivity index (χ3v) is 0.964.